The molecule has 12 heteroatoms. The van der Waals surface area contributed by atoms with Crippen molar-refractivity contribution in [3.63, 3.8) is 0 Å². The monoisotopic (exact) mass is 598 g/mol. The van der Waals surface area contributed by atoms with Crippen molar-refractivity contribution in [2.75, 3.05) is 6.61 Å². The molecule has 2 heterocycles. The molecule has 2 aromatic carbocycles. The smallest absolute Gasteiger partial charge is 0.333 e. The Morgan fingerprint density at radius 2 is 1.72 bits per heavy atom. The summed E-state index contributed by atoms with van der Waals surface area (Å²) in [5, 5.41) is 72.7. The van der Waals surface area contributed by atoms with Crippen molar-refractivity contribution >= 4 is 16.9 Å². The van der Waals surface area contributed by atoms with E-state index in [9.17, 15) is 45.3 Å². The Morgan fingerprint density at radius 3 is 2.37 bits per heavy atom. The minimum Gasteiger partial charge on any atom is -0.508 e. The lowest BCUT2D eigenvalue weighted by Gasteiger charge is -2.40. The van der Waals surface area contributed by atoms with Gasteiger partial charge in [-0.15, -0.1) is 6.58 Å². The Kier molecular flexibility index (Phi) is 9.28. The molecule has 4 rings (SSSR count). The second-order valence-corrected chi connectivity index (χ2v) is 10.7. The first-order valence-electron chi connectivity index (χ1n) is 13.5. The normalized spacial score (nSPS) is 24.0. The van der Waals surface area contributed by atoms with Gasteiger partial charge in [0, 0.05) is 23.3 Å². The molecule has 1 saturated heterocycles. The molecule has 1 aliphatic rings. The van der Waals surface area contributed by atoms with Crippen LogP contribution in [0.15, 0.2) is 69.9 Å². The number of ether oxygens (including phenoxy) is 2. The van der Waals surface area contributed by atoms with Gasteiger partial charge in [0.15, 0.2) is 11.0 Å². The molecule has 12 nitrogen and oxygen atoms in total. The maximum absolute atomic E-state index is 13.0. The van der Waals surface area contributed by atoms with Crippen LogP contribution in [0.5, 0.6) is 17.2 Å². The van der Waals surface area contributed by atoms with E-state index in [1.54, 1.807) is 13.0 Å². The number of carbonyl (C=O) groups excluding carboxylic acids is 1. The molecule has 1 aromatic heterocycles. The number of aromatic hydroxyl groups is 3. The van der Waals surface area contributed by atoms with Crippen molar-refractivity contribution in [1.82, 2.24) is 0 Å². The van der Waals surface area contributed by atoms with Gasteiger partial charge in [0.05, 0.1) is 11.2 Å². The highest BCUT2D eigenvalue weighted by Crippen LogP contribution is 2.43. The van der Waals surface area contributed by atoms with E-state index in [1.165, 1.54) is 37.3 Å². The number of aliphatic hydroxyl groups is 4. The minimum atomic E-state index is -1.84. The van der Waals surface area contributed by atoms with Crippen molar-refractivity contribution in [3.8, 4) is 28.6 Å². The van der Waals surface area contributed by atoms with Gasteiger partial charge in [0.2, 0.25) is 0 Å². The molecule has 0 spiro atoms. The van der Waals surface area contributed by atoms with Crippen molar-refractivity contribution in [1.29, 1.82) is 0 Å². The summed E-state index contributed by atoms with van der Waals surface area (Å²) >= 11 is 0. The highest BCUT2D eigenvalue weighted by Gasteiger charge is 2.46. The van der Waals surface area contributed by atoms with Crippen molar-refractivity contribution in [2.24, 2.45) is 0 Å². The standard InChI is InChI=1S/C31H34O12/c1-4-31(3,40)11-5-6-15(2)30(39)41-14-22-25(36)26(37)27(38)29(43-22)24-19(34)12-18(33)23-20(35)13-21(42-28(23)24)16-7-9-17(32)10-8-16/h4,6-10,12-13,22,25-27,29,32-34,36-38,40H,1,5,11,14H2,2-3H3/t22-,25+,26-,27+,29-,31-/m0/s1. The van der Waals surface area contributed by atoms with E-state index in [-0.39, 0.29) is 33.6 Å². The van der Waals surface area contributed by atoms with Crippen LogP contribution in [0, 0.1) is 0 Å². The number of rotatable bonds is 9. The molecule has 0 amide bonds. The number of phenolic OH excluding ortho intramolecular Hbond substituents is 3. The van der Waals surface area contributed by atoms with Crippen LogP contribution in [0.2, 0.25) is 0 Å². The largest absolute Gasteiger partial charge is 0.508 e. The van der Waals surface area contributed by atoms with Crippen LogP contribution in [-0.2, 0) is 14.3 Å². The van der Waals surface area contributed by atoms with Gasteiger partial charge in [-0.05, 0) is 51.0 Å². The van der Waals surface area contributed by atoms with Gasteiger partial charge in [0.1, 0.15) is 65.5 Å². The van der Waals surface area contributed by atoms with Crippen molar-refractivity contribution in [3.05, 3.63) is 76.5 Å². The number of benzene rings is 2. The molecule has 6 atom stereocenters. The molecule has 3 aromatic rings. The van der Waals surface area contributed by atoms with Gasteiger partial charge in [-0.25, -0.2) is 4.79 Å². The summed E-state index contributed by atoms with van der Waals surface area (Å²) in [7, 11) is 0. The van der Waals surface area contributed by atoms with E-state index >= 15 is 0 Å². The number of phenols is 3. The van der Waals surface area contributed by atoms with Gasteiger partial charge in [-0.1, -0.05) is 12.2 Å². The molecule has 7 N–H and O–H groups in total. The van der Waals surface area contributed by atoms with Crippen LogP contribution < -0.4 is 5.43 Å². The average molecular weight is 599 g/mol. The predicted molar refractivity (Wildman–Crippen MR) is 153 cm³/mol. The quantitative estimate of drug-likeness (QED) is 0.108. The lowest BCUT2D eigenvalue weighted by molar-refractivity contribution is -0.234. The summed E-state index contributed by atoms with van der Waals surface area (Å²) in [6.07, 6.45) is -4.78. The number of esters is 1. The van der Waals surface area contributed by atoms with Gasteiger partial charge in [-0.3, -0.25) is 4.79 Å². The zero-order chi connectivity index (χ0) is 31.6. The second-order valence-electron chi connectivity index (χ2n) is 10.7. The first kappa shape index (κ1) is 31.7. The fourth-order valence-corrected chi connectivity index (χ4v) is 4.73. The third-order valence-electron chi connectivity index (χ3n) is 7.39. The van der Waals surface area contributed by atoms with E-state index in [0.717, 1.165) is 12.1 Å². The van der Waals surface area contributed by atoms with Crippen LogP contribution in [0.4, 0.5) is 0 Å². The molecule has 0 unspecified atom stereocenters. The van der Waals surface area contributed by atoms with E-state index < -0.39 is 65.6 Å². The second kappa shape index (κ2) is 12.6. The lowest BCUT2D eigenvalue weighted by atomic mass is 9.89. The fourth-order valence-electron chi connectivity index (χ4n) is 4.73. The number of aliphatic hydroxyl groups excluding tert-OH is 3. The minimum absolute atomic E-state index is 0.00280. The van der Waals surface area contributed by atoms with Crippen LogP contribution in [0.1, 0.15) is 38.4 Å². The van der Waals surface area contributed by atoms with Gasteiger partial charge < -0.3 is 49.6 Å². The Labute approximate surface area is 246 Å². The fraction of sp³-hybridized carbons (Fsp3) is 0.355. The molecule has 0 bridgehead atoms. The molecular weight excluding hydrogens is 564 g/mol. The summed E-state index contributed by atoms with van der Waals surface area (Å²) in [6, 6.07) is 7.62. The molecule has 1 aliphatic heterocycles. The van der Waals surface area contributed by atoms with Crippen LogP contribution >= 0.6 is 0 Å². The predicted octanol–water partition coefficient (Wildman–Crippen LogP) is 2.31. The molecule has 0 aliphatic carbocycles. The summed E-state index contributed by atoms with van der Waals surface area (Å²) in [4.78, 5) is 25.6. The van der Waals surface area contributed by atoms with E-state index in [2.05, 4.69) is 6.58 Å². The van der Waals surface area contributed by atoms with Crippen molar-refractivity contribution in [2.45, 2.75) is 62.8 Å². The number of fused-ring (bicyclic) bond motifs is 1. The SMILES string of the molecule is C=C[C@](C)(O)CCC=C(C)C(=O)OC[C@@H]1O[C@@H](c2c(O)cc(O)c3c(=O)cc(-c4ccc(O)cc4)oc23)[C@H](O)[C@@H](O)[C@@H]1O. The highest BCUT2D eigenvalue weighted by molar-refractivity contribution is 5.90. The molecule has 43 heavy (non-hydrogen) atoms. The number of carbonyl (C=O) groups is 1. The van der Waals surface area contributed by atoms with E-state index in [1.807, 2.05) is 0 Å². The Bertz CT molecular complexity index is 1590. The van der Waals surface area contributed by atoms with E-state index in [0.29, 0.717) is 18.4 Å². The van der Waals surface area contributed by atoms with Gasteiger partial charge in [-0.2, -0.15) is 0 Å². The summed E-state index contributed by atoms with van der Waals surface area (Å²) in [6.45, 7) is 6.06. The Morgan fingerprint density at radius 1 is 1.05 bits per heavy atom. The maximum Gasteiger partial charge on any atom is 0.333 e. The molecule has 0 radical (unpaired) electrons. The third-order valence-corrected chi connectivity index (χ3v) is 7.39. The summed E-state index contributed by atoms with van der Waals surface area (Å²) in [5.74, 6) is -2.05. The zero-order valence-corrected chi connectivity index (χ0v) is 23.5. The summed E-state index contributed by atoms with van der Waals surface area (Å²) in [5.41, 5.74) is -1.88. The van der Waals surface area contributed by atoms with Crippen LogP contribution in [-0.4, -0.2) is 78.3 Å². The zero-order valence-electron chi connectivity index (χ0n) is 23.5. The van der Waals surface area contributed by atoms with Crippen molar-refractivity contribution < 1.29 is 54.4 Å². The molecular formula is C31H34O12. The van der Waals surface area contributed by atoms with E-state index in [4.69, 9.17) is 13.9 Å². The van der Waals surface area contributed by atoms with Crippen LogP contribution in [0.25, 0.3) is 22.3 Å². The van der Waals surface area contributed by atoms with Gasteiger partial charge >= 0.3 is 5.97 Å². The maximum atomic E-state index is 13.0. The Hall–Kier alpha value is -4.20. The highest BCUT2D eigenvalue weighted by atomic mass is 16.6. The third kappa shape index (κ3) is 6.74. The average Bonchev–Trinajstić information content (AvgIpc) is 2.96. The number of hydrogen-bond donors (Lipinski definition) is 7. The number of allylic oxidation sites excluding steroid dienone is 1. The molecule has 1 fully saturated rings. The van der Waals surface area contributed by atoms with Gasteiger partial charge in [0.25, 0.3) is 0 Å². The molecule has 0 saturated carbocycles. The van der Waals surface area contributed by atoms with Crippen LogP contribution in [0.3, 0.4) is 0 Å². The molecule has 230 valence electrons. The first-order valence-corrected chi connectivity index (χ1v) is 13.5. The lowest BCUT2D eigenvalue weighted by Crippen LogP contribution is -2.55. The summed E-state index contributed by atoms with van der Waals surface area (Å²) < 4.78 is 17.0. The first-order chi connectivity index (χ1) is 20.2. The number of hydrogen-bond acceptors (Lipinski definition) is 12. The Balaban J connectivity index is 1.65. The topological polar surface area (TPSA) is 207 Å².